The molecule has 144 valence electrons. The van der Waals surface area contributed by atoms with E-state index in [1.54, 1.807) is 31.3 Å². The summed E-state index contributed by atoms with van der Waals surface area (Å²) in [6.45, 7) is 0.466. The van der Waals surface area contributed by atoms with E-state index in [1.807, 2.05) is 6.07 Å². The second-order valence-corrected chi connectivity index (χ2v) is 6.44. The van der Waals surface area contributed by atoms with Gasteiger partial charge in [-0.3, -0.25) is 4.79 Å². The predicted octanol–water partition coefficient (Wildman–Crippen LogP) is 1.49. The molecule has 2 aromatic rings. The molecule has 1 fully saturated rings. The van der Waals surface area contributed by atoms with Gasteiger partial charge in [0.15, 0.2) is 5.69 Å². The van der Waals surface area contributed by atoms with E-state index in [1.165, 1.54) is 25.2 Å². The molecular weight excluding hydrogens is 360 g/mol. The van der Waals surface area contributed by atoms with Gasteiger partial charge < -0.3 is 19.5 Å². The quantitative estimate of drug-likeness (QED) is 0.641. The Morgan fingerprint density at radius 3 is 2.71 bits per heavy atom. The summed E-state index contributed by atoms with van der Waals surface area (Å²) in [5, 5.41) is 10.4. The number of methoxy groups -OCH3 is 2. The Bertz CT molecular complexity index is 992. The molecule has 1 unspecified atom stereocenters. The second kappa shape index (κ2) is 7.71. The summed E-state index contributed by atoms with van der Waals surface area (Å²) in [7, 11) is 4.42. The molecule has 1 amide bonds. The summed E-state index contributed by atoms with van der Waals surface area (Å²) in [5.74, 6) is 5.06. The summed E-state index contributed by atoms with van der Waals surface area (Å²) in [6, 6.07) is 10.3. The topological polar surface area (TPSA) is 89.0 Å². The van der Waals surface area contributed by atoms with Crippen molar-refractivity contribution in [2.45, 2.75) is 12.0 Å². The Morgan fingerprint density at radius 2 is 2.07 bits per heavy atom. The lowest BCUT2D eigenvalue weighted by molar-refractivity contribution is -0.137. The zero-order valence-electron chi connectivity index (χ0n) is 15.9. The number of pyridine rings is 1. The van der Waals surface area contributed by atoms with Crippen LogP contribution in [0, 0.1) is 11.8 Å². The maximum absolute atomic E-state index is 12.0. The van der Waals surface area contributed by atoms with E-state index < -0.39 is 17.5 Å². The number of benzene rings is 1. The minimum Gasteiger partial charge on any atom is -0.497 e. The number of aromatic nitrogens is 1. The average molecular weight is 380 g/mol. The van der Waals surface area contributed by atoms with Crippen LogP contribution in [0.1, 0.15) is 22.5 Å². The van der Waals surface area contributed by atoms with Gasteiger partial charge in [-0.25, -0.2) is 9.78 Å². The Balaban J connectivity index is 1.96. The van der Waals surface area contributed by atoms with E-state index in [0.717, 1.165) is 0 Å². The van der Waals surface area contributed by atoms with Crippen LogP contribution in [0.5, 0.6) is 5.75 Å². The van der Waals surface area contributed by atoms with Gasteiger partial charge in [-0.2, -0.15) is 0 Å². The molecule has 7 heteroatoms. The number of amides is 1. The van der Waals surface area contributed by atoms with Crippen molar-refractivity contribution >= 4 is 11.9 Å². The van der Waals surface area contributed by atoms with Crippen molar-refractivity contribution in [3.05, 3.63) is 47.7 Å². The zero-order chi connectivity index (χ0) is 20.3. The first-order valence-corrected chi connectivity index (χ1v) is 8.62. The highest BCUT2D eigenvalue weighted by molar-refractivity contribution is 5.90. The largest absolute Gasteiger partial charge is 0.497 e. The molecule has 28 heavy (non-hydrogen) atoms. The third-order valence-electron chi connectivity index (χ3n) is 4.51. The lowest BCUT2D eigenvalue weighted by Crippen LogP contribution is -2.37. The fourth-order valence-corrected chi connectivity index (χ4v) is 2.88. The molecule has 1 aliphatic heterocycles. The smallest absolute Gasteiger partial charge is 0.356 e. The number of esters is 1. The molecule has 1 saturated heterocycles. The fraction of sp³-hybridized carbons (Fsp3) is 0.286. The van der Waals surface area contributed by atoms with Crippen molar-refractivity contribution in [1.82, 2.24) is 9.88 Å². The number of carbonyl (C=O) groups is 2. The minimum atomic E-state index is -1.66. The van der Waals surface area contributed by atoms with E-state index in [9.17, 15) is 14.7 Å². The first kappa shape index (κ1) is 19.4. The zero-order valence-corrected chi connectivity index (χ0v) is 15.9. The summed E-state index contributed by atoms with van der Waals surface area (Å²) in [6.07, 6.45) is 0.273. The van der Waals surface area contributed by atoms with Crippen molar-refractivity contribution in [2.75, 3.05) is 27.8 Å². The predicted molar refractivity (Wildman–Crippen MR) is 102 cm³/mol. The van der Waals surface area contributed by atoms with Gasteiger partial charge in [0.25, 0.3) is 5.91 Å². The SMILES string of the molecule is COC(=O)c1cc(OC)cc(-c2cccc(C#CC3(O)CCN(C)C3=O)c2)n1. The summed E-state index contributed by atoms with van der Waals surface area (Å²) in [4.78, 5) is 29.7. The number of hydrogen-bond acceptors (Lipinski definition) is 6. The van der Waals surface area contributed by atoms with Crippen LogP contribution in [-0.4, -0.2) is 60.3 Å². The number of ether oxygens (including phenoxy) is 2. The first-order chi connectivity index (χ1) is 13.4. The molecule has 1 atom stereocenters. The number of aliphatic hydroxyl groups is 1. The molecule has 0 spiro atoms. The van der Waals surface area contributed by atoms with Gasteiger partial charge in [0, 0.05) is 43.3 Å². The Labute approximate surface area is 162 Å². The summed E-state index contributed by atoms with van der Waals surface area (Å²) in [5.41, 5.74) is 0.299. The van der Waals surface area contributed by atoms with Crippen LogP contribution < -0.4 is 4.74 Å². The monoisotopic (exact) mass is 380 g/mol. The van der Waals surface area contributed by atoms with Gasteiger partial charge in [-0.05, 0) is 12.1 Å². The van der Waals surface area contributed by atoms with Gasteiger partial charge in [-0.15, -0.1) is 0 Å². The molecular formula is C21H20N2O5. The van der Waals surface area contributed by atoms with Crippen LogP contribution in [0.4, 0.5) is 0 Å². The molecule has 1 aromatic heterocycles. The molecule has 3 rings (SSSR count). The third-order valence-corrected chi connectivity index (χ3v) is 4.51. The number of likely N-dealkylation sites (N-methyl/N-ethyl adjacent to an activating group) is 1. The highest BCUT2D eigenvalue weighted by atomic mass is 16.5. The van der Waals surface area contributed by atoms with Crippen molar-refractivity contribution in [1.29, 1.82) is 0 Å². The molecule has 0 radical (unpaired) electrons. The van der Waals surface area contributed by atoms with E-state index in [4.69, 9.17) is 9.47 Å². The molecule has 1 N–H and O–H groups in total. The lowest BCUT2D eigenvalue weighted by atomic mass is 10.0. The number of carbonyl (C=O) groups excluding carboxylic acids is 2. The Morgan fingerprint density at radius 1 is 1.29 bits per heavy atom. The third kappa shape index (κ3) is 3.82. The van der Waals surface area contributed by atoms with Crippen LogP contribution in [-0.2, 0) is 9.53 Å². The highest BCUT2D eigenvalue weighted by Crippen LogP contribution is 2.25. The van der Waals surface area contributed by atoms with Gasteiger partial charge in [0.2, 0.25) is 5.60 Å². The van der Waals surface area contributed by atoms with Crippen molar-refractivity contribution in [3.8, 4) is 28.8 Å². The fourth-order valence-electron chi connectivity index (χ4n) is 2.88. The minimum absolute atomic E-state index is 0.127. The van der Waals surface area contributed by atoms with E-state index in [-0.39, 0.29) is 12.1 Å². The standard InChI is InChI=1S/C21H20N2O5/c1-23-10-9-21(26,20(23)25)8-7-14-5-4-6-15(11-14)17-12-16(27-2)13-18(22-17)19(24)28-3/h4-6,11-13,26H,9-10H2,1-3H3. The normalized spacial score (nSPS) is 18.4. The number of hydrogen-bond donors (Lipinski definition) is 1. The van der Waals surface area contributed by atoms with Crippen LogP contribution in [0.3, 0.4) is 0 Å². The van der Waals surface area contributed by atoms with E-state index in [0.29, 0.717) is 29.1 Å². The number of nitrogens with zero attached hydrogens (tertiary/aromatic N) is 2. The molecule has 0 bridgehead atoms. The van der Waals surface area contributed by atoms with E-state index in [2.05, 4.69) is 16.8 Å². The number of likely N-dealkylation sites (tertiary alicyclic amines) is 1. The van der Waals surface area contributed by atoms with Gasteiger partial charge in [-0.1, -0.05) is 24.0 Å². The van der Waals surface area contributed by atoms with Crippen LogP contribution in [0.2, 0.25) is 0 Å². The molecule has 1 aliphatic rings. The van der Waals surface area contributed by atoms with Crippen molar-refractivity contribution in [2.24, 2.45) is 0 Å². The molecule has 2 heterocycles. The molecule has 1 aromatic carbocycles. The van der Waals surface area contributed by atoms with Crippen LogP contribution in [0.15, 0.2) is 36.4 Å². The van der Waals surface area contributed by atoms with Gasteiger partial charge >= 0.3 is 5.97 Å². The Kier molecular flexibility index (Phi) is 5.34. The number of rotatable bonds is 3. The first-order valence-electron chi connectivity index (χ1n) is 8.62. The lowest BCUT2D eigenvalue weighted by Gasteiger charge is -2.13. The van der Waals surface area contributed by atoms with Gasteiger partial charge in [0.1, 0.15) is 5.75 Å². The van der Waals surface area contributed by atoms with Gasteiger partial charge in [0.05, 0.1) is 19.9 Å². The molecule has 7 nitrogen and oxygen atoms in total. The van der Waals surface area contributed by atoms with Crippen LogP contribution in [0.25, 0.3) is 11.3 Å². The van der Waals surface area contributed by atoms with E-state index >= 15 is 0 Å². The van der Waals surface area contributed by atoms with Crippen molar-refractivity contribution < 1.29 is 24.2 Å². The van der Waals surface area contributed by atoms with Crippen molar-refractivity contribution in [3.63, 3.8) is 0 Å². The Hall–Kier alpha value is -3.37. The summed E-state index contributed by atoms with van der Waals surface area (Å²) >= 11 is 0. The maximum atomic E-state index is 12.0. The molecule has 0 aliphatic carbocycles. The van der Waals surface area contributed by atoms with Crippen LogP contribution >= 0.6 is 0 Å². The summed E-state index contributed by atoms with van der Waals surface area (Å²) < 4.78 is 9.97. The average Bonchev–Trinajstić information content (AvgIpc) is 2.99. The highest BCUT2D eigenvalue weighted by Gasteiger charge is 2.42. The second-order valence-electron chi connectivity index (χ2n) is 6.44. The maximum Gasteiger partial charge on any atom is 0.356 e. The molecule has 0 saturated carbocycles.